The maximum absolute atomic E-state index is 12.9. The van der Waals surface area contributed by atoms with Crippen molar-refractivity contribution in [3.05, 3.63) is 89.1 Å². The largest absolute Gasteiger partial charge is 0.416 e. The van der Waals surface area contributed by atoms with Gasteiger partial charge in [-0.15, -0.1) is 11.8 Å². The van der Waals surface area contributed by atoms with E-state index in [0.717, 1.165) is 23.4 Å². The van der Waals surface area contributed by atoms with Gasteiger partial charge in [-0.1, -0.05) is 31.2 Å². The highest BCUT2D eigenvalue weighted by Gasteiger charge is 2.31. The number of hydrogen-bond donors (Lipinski definition) is 1. The van der Waals surface area contributed by atoms with E-state index >= 15 is 0 Å². The van der Waals surface area contributed by atoms with Gasteiger partial charge in [0.15, 0.2) is 0 Å². The van der Waals surface area contributed by atoms with Crippen molar-refractivity contribution in [3.63, 3.8) is 0 Å². The molecule has 1 amide bonds. The highest BCUT2D eigenvalue weighted by atomic mass is 32.2. The lowest BCUT2D eigenvalue weighted by molar-refractivity contribution is -0.137. The summed E-state index contributed by atoms with van der Waals surface area (Å²) >= 11 is 1.77. The Kier molecular flexibility index (Phi) is 7.97. The van der Waals surface area contributed by atoms with Gasteiger partial charge in [-0.05, 0) is 53.3 Å². The molecule has 0 spiro atoms. The first-order valence-corrected chi connectivity index (χ1v) is 12.3. The number of ether oxygens (including phenoxy) is 1. The molecule has 0 bridgehead atoms. The highest BCUT2D eigenvalue weighted by molar-refractivity contribution is 7.99. The molecule has 0 radical (unpaired) electrons. The van der Waals surface area contributed by atoms with Crippen molar-refractivity contribution >= 4 is 23.5 Å². The van der Waals surface area contributed by atoms with Gasteiger partial charge < -0.3 is 15.0 Å². The summed E-state index contributed by atoms with van der Waals surface area (Å²) in [6, 6.07) is 16.4. The molecule has 4 rings (SSSR count). The molecule has 1 fully saturated rings. The molecule has 1 aliphatic heterocycles. The Balaban J connectivity index is 1.41. The van der Waals surface area contributed by atoms with Crippen LogP contribution in [0, 0.1) is 0 Å². The zero-order chi connectivity index (χ0) is 24.8. The topological polar surface area (TPSA) is 54.5 Å². The number of carbonyl (C=O) groups is 1. The minimum Gasteiger partial charge on any atom is -0.377 e. The summed E-state index contributed by atoms with van der Waals surface area (Å²) < 4.78 is 44.4. The minimum atomic E-state index is -4.38. The molecule has 1 aromatic heterocycles. The van der Waals surface area contributed by atoms with E-state index in [1.54, 1.807) is 23.9 Å². The number of anilines is 1. The van der Waals surface area contributed by atoms with Crippen LogP contribution in [0.1, 0.15) is 40.0 Å². The molecule has 5 nitrogen and oxygen atoms in total. The lowest BCUT2D eigenvalue weighted by Crippen LogP contribution is -2.40. The third kappa shape index (κ3) is 6.35. The fourth-order valence-corrected chi connectivity index (χ4v) is 4.56. The van der Waals surface area contributed by atoms with Crippen LogP contribution in [0.15, 0.2) is 71.8 Å². The average Bonchev–Trinajstić information content (AvgIpc) is 2.88. The van der Waals surface area contributed by atoms with E-state index < -0.39 is 11.7 Å². The number of alkyl halides is 3. The quantitative estimate of drug-likeness (QED) is 0.420. The lowest BCUT2D eigenvalue weighted by Gasteiger charge is -2.37. The standard InChI is InChI=1S/C26H26F3N3O2S/c1-2-35-22-10-3-18(4-11-22)15-31-25(33)20-7-12-24(30-16-20)32-13-14-34-17-23(32)19-5-8-21(9-6-19)26(27,28)29/h3-12,16,23H,2,13-15,17H2,1H3,(H,31,33). The maximum atomic E-state index is 12.9. The van der Waals surface area contributed by atoms with Crippen LogP contribution >= 0.6 is 11.8 Å². The number of thioether (sulfide) groups is 1. The summed E-state index contributed by atoms with van der Waals surface area (Å²) in [6.07, 6.45) is -2.86. The number of hydrogen-bond acceptors (Lipinski definition) is 5. The maximum Gasteiger partial charge on any atom is 0.416 e. The van der Waals surface area contributed by atoms with Gasteiger partial charge in [0.1, 0.15) is 5.82 Å². The molecule has 2 aromatic carbocycles. The molecule has 2 heterocycles. The SMILES string of the molecule is CCSc1ccc(CNC(=O)c2ccc(N3CCOCC3c3ccc(C(F)(F)F)cc3)nc2)cc1. The van der Waals surface area contributed by atoms with Crippen molar-refractivity contribution in [2.75, 3.05) is 30.4 Å². The van der Waals surface area contributed by atoms with Gasteiger partial charge >= 0.3 is 6.18 Å². The smallest absolute Gasteiger partial charge is 0.377 e. The Morgan fingerprint density at radius 3 is 2.49 bits per heavy atom. The first kappa shape index (κ1) is 25.1. The minimum absolute atomic E-state index is 0.225. The van der Waals surface area contributed by atoms with Crippen molar-refractivity contribution in [3.8, 4) is 0 Å². The summed E-state index contributed by atoms with van der Waals surface area (Å²) in [5, 5.41) is 2.91. The number of amides is 1. The molecule has 3 aromatic rings. The molecule has 0 saturated carbocycles. The van der Waals surface area contributed by atoms with E-state index in [-0.39, 0.29) is 11.9 Å². The van der Waals surface area contributed by atoms with Gasteiger partial charge in [0, 0.05) is 24.2 Å². The van der Waals surface area contributed by atoms with E-state index in [4.69, 9.17) is 4.74 Å². The number of nitrogens with one attached hydrogen (secondary N) is 1. The second-order valence-corrected chi connectivity index (χ2v) is 9.41. The van der Waals surface area contributed by atoms with Crippen LogP contribution in [-0.2, 0) is 17.5 Å². The first-order valence-electron chi connectivity index (χ1n) is 11.3. The molecule has 9 heteroatoms. The summed E-state index contributed by atoms with van der Waals surface area (Å²) in [6.45, 7) is 3.88. The Morgan fingerprint density at radius 1 is 1.11 bits per heavy atom. The van der Waals surface area contributed by atoms with E-state index in [0.29, 0.717) is 43.2 Å². The number of aromatic nitrogens is 1. The van der Waals surface area contributed by atoms with E-state index in [1.807, 2.05) is 29.2 Å². The zero-order valence-electron chi connectivity index (χ0n) is 19.2. The molecular weight excluding hydrogens is 475 g/mol. The van der Waals surface area contributed by atoms with Crippen LogP contribution in [-0.4, -0.2) is 36.4 Å². The van der Waals surface area contributed by atoms with Crippen molar-refractivity contribution < 1.29 is 22.7 Å². The number of halogens is 3. The van der Waals surface area contributed by atoms with Crippen LogP contribution in [0.2, 0.25) is 0 Å². The van der Waals surface area contributed by atoms with Crippen LogP contribution in [0.5, 0.6) is 0 Å². The summed E-state index contributed by atoms with van der Waals surface area (Å²) in [5.41, 5.74) is 1.47. The van der Waals surface area contributed by atoms with Crippen molar-refractivity contribution in [1.29, 1.82) is 0 Å². The van der Waals surface area contributed by atoms with E-state index in [1.165, 1.54) is 23.2 Å². The van der Waals surface area contributed by atoms with Crippen LogP contribution in [0.25, 0.3) is 0 Å². The highest BCUT2D eigenvalue weighted by Crippen LogP contribution is 2.33. The van der Waals surface area contributed by atoms with Gasteiger partial charge in [-0.3, -0.25) is 4.79 Å². The Hall–Kier alpha value is -3.04. The predicted octanol–water partition coefficient (Wildman–Crippen LogP) is 5.72. The van der Waals surface area contributed by atoms with Crippen LogP contribution < -0.4 is 10.2 Å². The monoisotopic (exact) mass is 501 g/mol. The molecule has 0 aliphatic carbocycles. The van der Waals surface area contributed by atoms with Gasteiger partial charge in [-0.2, -0.15) is 13.2 Å². The lowest BCUT2D eigenvalue weighted by atomic mass is 10.0. The second-order valence-electron chi connectivity index (χ2n) is 8.07. The number of benzene rings is 2. The molecule has 1 saturated heterocycles. The normalized spacial score (nSPS) is 16.2. The Bertz CT molecular complexity index is 1120. The van der Waals surface area contributed by atoms with Crippen molar-refractivity contribution in [2.24, 2.45) is 0 Å². The van der Waals surface area contributed by atoms with Gasteiger partial charge in [0.25, 0.3) is 5.91 Å². The number of nitrogens with zero attached hydrogens (tertiary/aromatic N) is 2. The molecule has 1 unspecified atom stereocenters. The molecule has 1 atom stereocenters. The number of carbonyl (C=O) groups excluding carboxylic acids is 1. The third-order valence-electron chi connectivity index (χ3n) is 5.74. The van der Waals surface area contributed by atoms with Crippen molar-refractivity contribution in [1.82, 2.24) is 10.3 Å². The zero-order valence-corrected chi connectivity index (χ0v) is 20.0. The average molecular weight is 502 g/mol. The number of morpholine rings is 1. The third-order valence-corrected chi connectivity index (χ3v) is 6.64. The van der Waals surface area contributed by atoms with E-state index in [2.05, 4.69) is 17.2 Å². The fourth-order valence-electron chi connectivity index (χ4n) is 3.89. The summed E-state index contributed by atoms with van der Waals surface area (Å²) in [4.78, 5) is 20.2. The van der Waals surface area contributed by atoms with Crippen LogP contribution in [0.3, 0.4) is 0 Å². The predicted molar refractivity (Wildman–Crippen MR) is 131 cm³/mol. The number of pyridine rings is 1. The fraction of sp³-hybridized carbons (Fsp3) is 0.308. The molecular formula is C26H26F3N3O2S. The first-order chi connectivity index (χ1) is 16.8. The summed E-state index contributed by atoms with van der Waals surface area (Å²) in [5.74, 6) is 1.42. The van der Waals surface area contributed by atoms with Gasteiger partial charge in [-0.25, -0.2) is 4.98 Å². The summed E-state index contributed by atoms with van der Waals surface area (Å²) in [7, 11) is 0. The van der Waals surface area contributed by atoms with Gasteiger partial charge in [0.2, 0.25) is 0 Å². The van der Waals surface area contributed by atoms with E-state index in [9.17, 15) is 18.0 Å². The molecule has 1 aliphatic rings. The van der Waals surface area contributed by atoms with Crippen molar-refractivity contribution in [2.45, 2.75) is 30.6 Å². The Morgan fingerprint density at radius 2 is 1.86 bits per heavy atom. The Labute approximate surface area is 206 Å². The van der Waals surface area contributed by atoms with Gasteiger partial charge in [0.05, 0.1) is 30.4 Å². The number of rotatable bonds is 7. The molecule has 35 heavy (non-hydrogen) atoms. The second kappa shape index (κ2) is 11.1. The molecule has 1 N–H and O–H groups in total. The van der Waals surface area contributed by atoms with Crippen LogP contribution in [0.4, 0.5) is 19.0 Å². The molecule has 184 valence electrons.